The molecule has 31 heavy (non-hydrogen) atoms. The first-order chi connectivity index (χ1) is 14.4. The molecule has 1 aliphatic heterocycles. The lowest BCUT2D eigenvalue weighted by molar-refractivity contribution is -0.275. The number of hydrogen-bond acceptors (Lipinski definition) is 3. The summed E-state index contributed by atoms with van der Waals surface area (Å²) in [6.45, 7) is 3.62. The van der Waals surface area contributed by atoms with Gasteiger partial charge >= 0.3 is 6.18 Å². The molecule has 1 unspecified atom stereocenters. The van der Waals surface area contributed by atoms with Crippen LogP contribution in [0.2, 0.25) is 15.1 Å². The Kier molecular flexibility index (Phi) is 6.94. The van der Waals surface area contributed by atoms with E-state index in [-0.39, 0.29) is 39.4 Å². The molecule has 1 atom stereocenters. The number of oxime groups is 1. The first kappa shape index (κ1) is 23.9. The quantitative estimate of drug-likeness (QED) is 0.422. The molecule has 0 N–H and O–H groups in total. The zero-order valence-electron chi connectivity index (χ0n) is 16.7. The number of hydrogen-bond donors (Lipinski definition) is 0. The number of carbonyl (C=O) groups excluding carboxylic acids is 1. The molecule has 2 aromatic carbocycles. The maximum atomic E-state index is 14.1. The van der Waals surface area contributed by atoms with Gasteiger partial charge in [-0.2, -0.15) is 13.2 Å². The van der Waals surface area contributed by atoms with Gasteiger partial charge in [0.15, 0.2) is 0 Å². The predicted octanol–water partition coefficient (Wildman–Crippen LogP) is 7.39. The number of aryl methyl sites for hydroxylation is 1. The Hall–Kier alpha value is -1.76. The van der Waals surface area contributed by atoms with Crippen LogP contribution in [0.25, 0.3) is 0 Å². The molecule has 0 aliphatic carbocycles. The highest BCUT2D eigenvalue weighted by molar-refractivity contribution is 6.34. The summed E-state index contributed by atoms with van der Waals surface area (Å²) < 4.78 is 42.4. The van der Waals surface area contributed by atoms with Crippen LogP contribution in [0.4, 0.5) is 13.2 Å². The fourth-order valence-electron chi connectivity index (χ4n) is 3.34. The zero-order valence-corrected chi connectivity index (χ0v) is 19.0. The molecule has 2 aromatic rings. The number of nitrogens with zero attached hydrogens (tertiary/aromatic N) is 1. The number of alkyl halides is 3. The molecule has 0 fully saturated rings. The molecule has 3 rings (SSSR count). The van der Waals surface area contributed by atoms with Crippen molar-refractivity contribution in [2.45, 2.75) is 44.9 Å². The molecule has 0 bridgehead atoms. The zero-order chi connectivity index (χ0) is 23.0. The van der Waals surface area contributed by atoms with E-state index in [1.54, 1.807) is 18.2 Å². The molecular formula is C22H19Cl3F3NO2. The molecule has 1 aliphatic rings. The third-order valence-electron chi connectivity index (χ3n) is 5.18. The van der Waals surface area contributed by atoms with Crippen LogP contribution in [0.5, 0.6) is 0 Å². The molecule has 166 valence electrons. The Bertz CT molecular complexity index is 1020. The highest BCUT2D eigenvalue weighted by Crippen LogP contribution is 2.49. The van der Waals surface area contributed by atoms with Crippen LogP contribution < -0.4 is 0 Å². The second-order valence-electron chi connectivity index (χ2n) is 7.72. The molecule has 3 nitrogen and oxygen atoms in total. The van der Waals surface area contributed by atoms with Crippen molar-refractivity contribution >= 4 is 46.3 Å². The van der Waals surface area contributed by atoms with Crippen molar-refractivity contribution in [1.82, 2.24) is 0 Å². The van der Waals surface area contributed by atoms with Gasteiger partial charge in [-0.25, -0.2) is 0 Å². The van der Waals surface area contributed by atoms with Crippen LogP contribution in [0.15, 0.2) is 41.6 Å². The standard InChI is InChI=1S/C22H19Cl3F3NO2/c1-12(2)20(30)6-4-13-7-14(3-5-18(13)25)19-11-21(31-29-19,22(26,27)28)15-8-16(23)10-17(24)9-15/h3,5,7-10,12H,4,6,11H2,1-2H3. The number of ketones is 1. The van der Waals surface area contributed by atoms with Crippen molar-refractivity contribution in [2.75, 3.05) is 0 Å². The van der Waals surface area contributed by atoms with Crippen LogP contribution in [0, 0.1) is 5.92 Å². The highest BCUT2D eigenvalue weighted by atomic mass is 35.5. The van der Waals surface area contributed by atoms with E-state index in [2.05, 4.69) is 5.16 Å². The van der Waals surface area contributed by atoms with E-state index >= 15 is 0 Å². The van der Waals surface area contributed by atoms with E-state index < -0.39 is 18.2 Å². The second kappa shape index (κ2) is 9.00. The third-order valence-corrected chi connectivity index (χ3v) is 5.98. The minimum Gasteiger partial charge on any atom is -0.374 e. The van der Waals surface area contributed by atoms with Gasteiger partial charge in [-0.3, -0.25) is 4.79 Å². The molecule has 0 saturated heterocycles. The van der Waals surface area contributed by atoms with Gasteiger partial charge in [-0.1, -0.05) is 59.9 Å². The van der Waals surface area contributed by atoms with Crippen molar-refractivity contribution < 1.29 is 22.8 Å². The van der Waals surface area contributed by atoms with Gasteiger partial charge in [0, 0.05) is 39.4 Å². The van der Waals surface area contributed by atoms with Crippen molar-refractivity contribution in [3.05, 3.63) is 68.2 Å². The SMILES string of the molecule is CC(C)C(=O)CCc1cc(C2=NOC(c3cc(Cl)cc(Cl)c3)(C(F)(F)F)C2)ccc1Cl. The number of carbonyl (C=O) groups is 1. The van der Waals surface area contributed by atoms with Gasteiger partial charge in [0.1, 0.15) is 5.78 Å². The molecule has 1 heterocycles. The van der Waals surface area contributed by atoms with E-state index in [9.17, 15) is 18.0 Å². The summed E-state index contributed by atoms with van der Waals surface area (Å²) >= 11 is 18.1. The van der Waals surface area contributed by atoms with Crippen molar-refractivity contribution in [3.63, 3.8) is 0 Å². The fourth-order valence-corrected chi connectivity index (χ4v) is 4.08. The highest BCUT2D eigenvalue weighted by Gasteiger charge is 2.62. The van der Waals surface area contributed by atoms with Gasteiger partial charge in [-0.05, 0) is 47.9 Å². The fraction of sp³-hybridized carbons (Fsp3) is 0.364. The first-order valence-electron chi connectivity index (χ1n) is 9.53. The second-order valence-corrected chi connectivity index (χ2v) is 9.00. The van der Waals surface area contributed by atoms with Gasteiger partial charge in [0.05, 0.1) is 5.71 Å². The first-order valence-corrected chi connectivity index (χ1v) is 10.7. The van der Waals surface area contributed by atoms with Crippen molar-refractivity contribution in [3.8, 4) is 0 Å². The van der Waals surface area contributed by atoms with Gasteiger partial charge < -0.3 is 4.84 Å². The van der Waals surface area contributed by atoms with Crippen LogP contribution in [-0.4, -0.2) is 17.7 Å². The Balaban J connectivity index is 1.92. The topological polar surface area (TPSA) is 38.7 Å². The van der Waals surface area contributed by atoms with Gasteiger partial charge in [0.2, 0.25) is 0 Å². The van der Waals surface area contributed by atoms with Crippen LogP contribution in [0.3, 0.4) is 0 Å². The normalized spacial score (nSPS) is 18.8. The Morgan fingerprint density at radius 2 is 1.77 bits per heavy atom. The number of halogens is 6. The molecule has 9 heteroatoms. The summed E-state index contributed by atoms with van der Waals surface area (Å²) in [6.07, 6.45) is -4.66. The molecule has 0 spiro atoms. The minimum absolute atomic E-state index is 0.0618. The van der Waals surface area contributed by atoms with Gasteiger partial charge in [0.25, 0.3) is 5.60 Å². The molecule has 0 amide bonds. The summed E-state index contributed by atoms with van der Waals surface area (Å²) in [5.41, 5.74) is -1.72. The smallest absolute Gasteiger partial charge is 0.374 e. The summed E-state index contributed by atoms with van der Waals surface area (Å²) in [5.74, 6) is -0.0246. The Labute approximate surface area is 193 Å². The van der Waals surface area contributed by atoms with E-state index in [0.717, 1.165) is 0 Å². The monoisotopic (exact) mass is 491 g/mol. The molecular weight excluding hydrogens is 474 g/mol. The average Bonchev–Trinajstić information content (AvgIpc) is 3.13. The molecule has 0 radical (unpaired) electrons. The Morgan fingerprint density at radius 1 is 1.13 bits per heavy atom. The van der Waals surface area contributed by atoms with Crippen molar-refractivity contribution in [2.24, 2.45) is 11.1 Å². The number of benzene rings is 2. The van der Waals surface area contributed by atoms with E-state index in [0.29, 0.717) is 22.6 Å². The molecule has 0 saturated carbocycles. The minimum atomic E-state index is -4.77. The van der Waals surface area contributed by atoms with E-state index in [4.69, 9.17) is 39.6 Å². The third kappa shape index (κ3) is 5.02. The summed E-state index contributed by atoms with van der Waals surface area (Å²) in [4.78, 5) is 17.0. The predicted molar refractivity (Wildman–Crippen MR) is 116 cm³/mol. The summed E-state index contributed by atoms with van der Waals surface area (Å²) in [5, 5.41) is 4.31. The lowest BCUT2D eigenvalue weighted by Gasteiger charge is -2.29. The summed E-state index contributed by atoms with van der Waals surface area (Å²) in [6, 6.07) is 8.50. The van der Waals surface area contributed by atoms with E-state index in [1.807, 2.05) is 13.8 Å². The average molecular weight is 493 g/mol. The number of Topliss-reactive ketones (excluding diaryl/α,β-unsaturated/α-hetero) is 1. The summed E-state index contributed by atoms with van der Waals surface area (Å²) in [7, 11) is 0. The van der Waals surface area contributed by atoms with Crippen LogP contribution in [-0.2, 0) is 21.7 Å². The van der Waals surface area contributed by atoms with Crippen molar-refractivity contribution in [1.29, 1.82) is 0 Å². The Morgan fingerprint density at radius 3 is 2.35 bits per heavy atom. The van der Waals surface area contributed by atoms with Crippen LogP contribution >= 0.6 is 34.8 Å². The lowest BCUT2D eigenvalue weighted by atomic mass is 9.86. The maximum Gasteiger partial charge on any atom is 0.435 e. The van der Waals surface area contributed by atoms with E-state index in [1.165, 1.54) is 18.2 Å². The largest absolute Gasteiger partial charge is 0.435 e. The lowest BCUT2D eigenvalue weighted by Crippen LogP contribution is -2.42. The maximum absolute atomic E-state index is 14.1. The van der Waals surface area contributed by atoms with Gasteiger partial charge in [-0.15, -0.1) is 0 Å². The number of rotatable bonds is 6. The van der Waals surface area contributed by atoms with Crippen LogP contribution in [0.1, 0.15) is 43.4 Å². The molecule has 0 aromatic heterocycles.